The summed E-state index contributed by atoms with van der Waals surface area (Å²) in [4.78, 5) is 10.8. The Hall–Kier alpha value is -0.220. The van der Waals surface area contributed by atoms with Crippen molar-refractivity contribution in [1.29, 1.82) is 0 Å². The highest BCUT2D eigenvalue weighted by Crippen LogP contribution is 2.07. The zero-order valence-electron chi connectivity index (χ0n) is 9.25. The third kappa shape index (κ3) is 7.21. The molecule has 0 bridgehead atoms. The lowest BCUT2D eigenvalue weighted by molar-refractivity contribution is -0.139. The molecule has 0 rings (SSSR count). The van der Waals surface area contributed by atoms with Gasteiger partial charge < -0.3 is 10.4 Å². The Balaban J connectivity index is 3.68. The molecule has 0 heterocycles. The van der Waals surface area contributed by atoms with Crippen LogP contribution in [0.5, 0.6) is 0 Å². The van der Waals surface area contributed by atoms with Crippen molar-refractivity contribution in [1.82, 2.24) is 5.32 Å². The van der Waals surface area contributed by atoms with Gasteiger partial charge in [0.05, 0.1) is 0 Å². The Kier molecular flexibility index (Phi) is 7.99. The number of carboxylic acid groups (broad SMARTS) is 1. The molecule has 2 N–H and O–H groups in total. The Bertz CT molecular complexity index is 162. The van der Waals surface area contributed by atoms with Gasteiger partial charge in [-0.05, 0) is 12.2 Å². The van der Waals surface area contributed by atoms with E-state index in [1.54, 1.807) is 11.8 Å². The molecule has 84 valence electrons. The molecule has 1 atom stereocenters. The molecule has 0 aliphatic carbocycles. The molecule has 0 fully saturated rings. The number of rotatable bonds is 8. The quantitative estimate of drug-likeness (QED) is 0.613. The van der Waals surface area contributed by atoms with E-state index in [1.165, 1.54) is 12.8 Å². The van der Waals surface area contributed by atoms with Gasteiger partial charge in [-0.15, -0.1) is 0 Å². The third-order valence-corrected chi connectivity index (χ3v) is 2.91. The number of hydrogen-bond acceptors (Lipinski definition) is 3. The van der Waals surface area contributed by atoms with Crippen LogP contribution in [0.1, 0.15) is 33.6 Å². The summed E-state index contributed by atoms with van der Waals surface area (Å²) in [5, 5.41) is 11.9. The van der Waals surface area contributed by atoms with Crippen LogP contribution in [0.2, 0.25) is 0 Å². The molecule has 0 saturated carbocycles. The summed E-state index contributed by atoms with van der Waals surface area (Å²) in [6.07, 6.45) is 2.33. The van der Waals surface area contributed by atoms with Crippen molar-refractivity contribution in [2.24, 2.45) is 0 Å². The Morgan fingerprint density at radius 1 is 1.50 bits per heavy atom. The number of carboxylic acids is 1. The topological polar surface area (TPSA) is 49.3 Å². The monoisotopic (exact) mass is 219 g/mol. The molecule has 0 aromatic carbocycles. The van der Waals surface area contributed by atoms with E-state index in [0.29, 0.717) is 5.75 Å². The van der Waals surface area contributed by atoms with Crippen LogP contribution in [-0.4, -0.2) is 34.7 Å². The summed E-state index contributed by atoms with van der Waals surface area (Å²) in [5.41, 5.74) is 0. The average molecular weight is 219 g/mol. The van der Waals surface area contributed by atoms with Crippen LogP contribution in [0.15, 0.2) is 0 Å². The van der Waals surface area contributed by atoms with Crippen LogP contribution in [0, 0.1) is 0 Å². The Labute approximate surface area is 90.7 Å². The van der Waals surface area contributed by atoms with Crippen molar-refractivity contribution < 1.29 is 9.90 Å². The second-order valence-corrected chi connectivity index (χ2v) is 4.79. The number of hydrogen-bond donors (Lipinski definition) is 2. The fraction of sp³-hybridized carbons (Fsp3) is 0.900. The standard InChI is InChI=1S/C10H21NO2S/c1-4-5-6-14-7-9(10(12)13)11-8(2)3/h8-9,11H,4-7H2,1-3H3,(H,12,13). The predicted molar refractivity (Wildman–Crippen MR) is 61.9 cm³/mol. The molecule has 4 heteroatoms. The van der Waals surface area contributed by atoms with Gasteiger partial charge in [0.15, 0.2) is 0 Å². The number of nitrogens with one attached hydrogen (secondary N) is 1. The summed E-state index contributed by atoms with van der Waals surface area (Å²) >= 11 is 1.71. The zero-order valence-corrected chi connectivity index (χ0v) is 10.1. The molecule has 0 aliphatic heterocycles. The van der Waals surface area contributed by atoms with Crippen molar-refractivity contribution in [2.45, 2.75) is 45.7 Å². The van der Waals surface area contributed by atoms with E-state index in [0.717, 1.165) is 5.75 Å². The summed E-state index contributed by atoms with van der Waals surface area (Å²) in [7, 11) is 0. The predicted octanol–water partition coefficient (Wildman–Crippen LogP) is 1.97. The van der Waals surface area contributed by atoms with Crippen molar-refractivity contribution >= 4 is 17.7 Å². The maximum Gasteiger partial charge on any atom is 0.321 e. The first-order chi connectivity index (χ1) is 6.57. The first-order valence-corrected chi connectivity index (χ1v) is 6.30. The summed E-state index contributed by atoms with van der Waals surface area (Å²) in [6.45, 7) is 6.07. The number of thioether (sulfide) groups is 1. The number of carbonyl (C=O) groups is 1. The first kappa shape index (κ1) is 13.8. The zero-order chi connectivity index (χ0) is 11.0. The molecule has 0 spiro atoms. The van der Waals surface area contributed by atoms with Crippen LogP contribution < -0.4 is 5.32 Å². The van der Waals surface area contributed by atoms with Crippen LogP contribution in [0.3, 0.4) is 0 Å². The Morgan fingerprint density at radius 2 is 2.14 bits per heavy atom. The van der Waals surface area contributed by atoms with E-state index >= 15 is 0 Å². The minimum Gasteiger partial charge on any atom is -0.480 e. The van der Waals surface area contributed by atoms with Crippen molar-refractivity contribution in [3.63, 3.8) is 0 Å². The van der Waals surface area contributed by atoms with E-state index in [2.05, 4.69) is 12.2 Å². The fourth-order valence-electron chi connectivity index (χ4n) is 1.04. The fourth-order valence-corrected chi connectivity index (χ4v) is 2.17. The maximum atomic E-state index is 10.8. The maximum absolute atomic E-state index is 10.8. The lowest BCUT2D eigenvalue weighted by atomic mass is 10.3. The van der Waals surface area contributed by atoms with Crippen LogP contribution in [0.4, 0.5) is 0 Å². The SMILES string of the molecule is CCCCSCC(NC(C)C)C(=O)O. The highest BCUT2D eigenvalue weighted by Gasteiger charge is 2.17. The summed E-state index contributed by atoms with van der Waals surface area (Å²) in [6, 6.07) is -0.181. The second-order valence-electron chi connectivity index (χ2n) is 3.64. The molecule has 0 aliphatic rings. The lowest BCUT2D eigenvalue weighted by Gasteiger charge is -2.16. The van der Waals surface area contributed by atoms with E-state index in [1.807, 2.05) is 13.8 Å². The van der Waals surface area contributed by atoms with Gasteiger partial charge in [-0.1, -0.05) is 27.2 Å². The molecular formula is C10H21NO2S. The minimum absolute atomic E-state index is 0.225. The highest BCUT2D eigenvalue weighted by molar-refractivity contribution is 7.99. The van der Waals surface area contributed by atoms with E-state index < -0.39 is 12.0 Å². The van der Waals surface area contributed by atoms with E-state index in [9.17, 15) is 4.79 Å². The highest BCUT2D eigenvalue weighted by atomic mass is 32.2. The molecular weight excluding hydrogens is 198 g/mol. The molecule has 0 radical (unpaired) electrons. The van der Waals surface area contributed by atoms with Gasteiger partial charge in [-0.3, -0.25) is 4.79 Å². The van der Waals surface area contributed by atoms with Crippen LogP contribution in [-0.2, 0) is 4.79 Å². The molecule has 0 amide bonds. The first-order valence-electron chi connectivity index (χ1n) is 5.14. The van der Waals surface area contributed by atoms with Crippen molar-refractivity contribution in [2.75, 3.05) is 11.5 Å². The van der Waals surface area contributed by atoms with Gasteiger partial charge in [0.2, 0.25) is 0 Å². The van der Waals surface area contributed by atoms with Gasteiger partial charge in [-0.25, -0.2) is 0 Å². The minimum atomic E-state index is -0.748. The van der Waals surface area contributed by atoms with Gasteiger partial charge in [0.25, 0.3) is 0 Å². The molecule has 3 nitrogen and oxygen atoms in total. The van der Waals surface area contributed by atoms with Gasteiger partial charge in [-0.2, -0.15) is 11.8 Å². The summed E-state index contributed by atoms with van der Waals surface area (Å²) < 4.78 is 0. The molecule has 0 aromatic rings. The van der Waals surface area contributed by atoms with Gasteiger partial charge in [0, 0.05) is 11.8 Å². The molecule has 14 heavy (non-hydrogen) atoms. The largest absolute Gasteiger partial charge is 0.480 e. The van der Waals surface area contributed by atoms with E-state index in [-0.39, 0.29) is 6.04 Å². The van der Waals surface area contributed by atoms with Crippen LogP contribution in [0.25, 0.3) is 0 Å². The average Bonchev–Trinajstić information content (AvgIpc) is 2.09. The third-order valence-electron chi connectivity index (χ3n) is 1.76. The molecule has 0 saturated heterocycles. The number of aliphatic carboxylic acids is 1. The normalized spacial score (nSPS) is 13.1. The Morgan fingerprint density at radius 3 is 2.57 bits per heavy atom. The smallest absolute Gasteiger partial charge is 0.321 e. The number of unbranched alkanes of at least 4 members (excludes halogenated alkanes) is 1. The van der Waals surface area contributed by atoms with Crippen molar-refractivity contribution in [3.8, 4) is 0 Å². The van der Waals surface area contributed by atoms with Crippen LogP contribution >= 0.6 is 11.8 Å². The lowest BCUT2D eigenvalue weighted by Crippen LogP contribution is -2.42. The van der Waals surface area contributed by atoms with Gasteiger partial charge in [0.1, 0.15) is 6.04 Å². The molecule has 0 aromatic heterocycles. The van der Waals surface area contributed by atoms with Crippen molar-refractivity contribution in [3.05, 3.63) is 0 Å². The van der Waals surface area contributed by atoms with Gasteiger partial charge >= 0.3 is 5.97 Å². The second kappa shape index (κ2) is 8.12. The molecule has 1 unspecified atom stereocenters. The summed E-state index contributed by atoms with van der Waals surface area (Å²) in [5.74, 6) is 0.968. The van der Waals surface area contributed by atoms with E-state index in [4.69, 9.17) is 5.11 Å².